The first kappa shape index (κ1) is 79.8. The first-order chi connectivity index (χ1) is 48.9. The highest BCUT2D eigenvalue weighted by molar-refractivity contribution is 5.17. The Morgan fingerprint density at radius 1 is 0.486 bits per heavy atom. The minimum absolute atomic E-state index is 0.00363. The summed E-state index contributed by atoms with van der Waals surface area (Å²) in [5.74, 6) is -64.3. The molecule has 6 aromatic heterocycles. The number of halogens is 16. The average Bonchev–Trinajstić information content (AvgIpc) is 1.54. The molecule has 35 nitrogen and oxygen atoms in total. The fourth-order valence-corrected chi connectivity index (χ4v) is 11.7. The van der Waals surface area contributed by atoms with Gasteiger partial charge in [-0.3, -0.25) is 27.9 Å². The number of aliphatic hydroxyl groups excluding tert-OH is 9. The van der Waals surface area contributed by atoms with Crippen molar-refractivity contribution in [2.45, 2.75) is 212 Å². The molecule has 9 N–H and O–H groups in total. The van der Waals surface area contributed by atoms with Crippen LogP contribution in [0.25, 0.3) is 0 Å². The van der Waals surface area contributed by atoms with Crippen LogP contribution < -0.4 is 22.5 Å². The number of hydrogen-bond acceptors (Lipinski definition) is 27. The summed E-state index contributed by atoms with van der Waals surface area (Å²) < 4.78 is 276. The van der Waals surface area contributed by atoms with Gasteiger partial charge >= 0.3 is 58.8 Å². The number of alkyl halides is 16. The Hall–Kier alpha value is -7.80. The fourth-order valence-electron chi connectivity index (χ4n) is 11.7. The predicted molar refractivity (Wildman–Crippen MR) is 302 cm³/mol. The summed E-state index contributed by atoms with van der Waals surface area (Å²) in [6.07, 6.45) is -17.4. The summed E-state index contributed by atoms with van der Waals surface area (Å²) in [5, 5.41) is 121. The lowest BCUT2D eigenvalue weighted by molar-refractivity contribution is -0.455. The van der Waals surface area contributed by atoms with Crippen LogP contribution in [0.2, 0.25) is 0 Å². The van der Waals surface area contributed by atoms with Crippen LogP contribution in [0.1, 0.15) is 78.1 Å². The topological polar surface area (TPSA) is 448 Å². The van der Waals surface area contributed by atoms with Gasteiger partial charge in [-0.2, -0.15) is 70.2 Å². The Morgan fingerprint density at radius 3 is 1.46 bits per heavy atom. The minimum atomic E-state index is -8.77. The van der Waals surface area contributed by atoms with E-state index < -0.39 is 239 Å². The molecule has 0 aliphatic carbocycles. The lowest BCUT2D eigenvalue weighted by atomic mass is 9.88. The van der Waals surface area contributed by atoms with Gasteiger partial charge in [0.25, 0.3) is 11.1 Å². The van der Waals surface area contributed by atoms with E-state index in [0.717, 1.165) is 69.6 Å². The van der Waals surface area contributed by atoms with E-state index in [1.165, 1.54) is 13.8 Å². The van der Waals surface area contributed by atoms with Crippen molar-refractivity contribution >= 4 is 0 Å². The van der Waals surface area contributed by atoms with E-state index in [1.807, 2.05) is 0 Å². The summed E-state index contributed by atoms with van der Waals surface area (Å²) in [7, 11) is 0. The second-order valence-electron chi connectivity index (χ2n) is 25.0. The summed E-state index contributed by atoms with van der Waals surface area (Å²) in [4.78, 5) is 54.0. The smallest absolute Gasteiger partial charge is 0.385 e. The highest BCUT2D eigenvalue weighted by Gasteiger charge is 2.95. The fraction of sp³-hybridized carbons (Fsp3) is 0.704. The summed E-state index contributed by atoms with van der Waals surface area (Å²) in [6, 6.07) is 0. The van der Waals surface area contributed by atoms with Crippen molar-refractivity contribution in [3.05, 3.63) is 113 Å². The molecule has 4 aliphatic heterocycles. The molecular weight excluding hydrogens is 1480 g/mol. The molecule has 0 saturated carbocycles. The highest BCUT2D eigenvalue weighted by atomic mass is 19.4. The number of aliphatic hydroxyl groups is 9. The molecule has 105 heavy (non-hydrogen) atoms. The molecule has 6 aromatic rings. The first-order valence-corrected chi connectivity index (χ1v) is 30.9. The van der Waals surface area contributed by atoms with Gasteiger partial charge in [-0.1, -0.05) is 20.9 Å². The molecule has 15 atom stereocenters. The Bertz CT molecular complexity index is 4310. The molecule has 4 saturated heterocycles. The van der Waals surface area contributed by atoms with Crippen LogP contribution in [-0.4, -0.2) is 265 Å². The van der Waals surface area contributed by atoms with Crippen molar-refractivity contribution in [1.82, 2.24) is 78.2 Å². The van der Waals surface area contributed by atoms with Crippen LogP contribution in [0, 0.1) is 13.8 Å². The zero-order valence-corrected chi connectivity index (χ0v) is 53.6. The van der Waals surface area contributed by atoms with Gasteiger partial charge in [0.05, 0.1) is 95.3 Å². The van der Waals surface area contributed by atoms with Crippen LogP contribution >= 0.6 is 0 Å². The van der Waals surface area contributed by atoms with Gasteiger partial charge in [0, 0.05) is 29.9 Å². The third-order valence-corrected chi connectivity index (χ3v) is 17.6. The third-order valence-electron chi connectivity index (χ3n) is 17.6. The van der Waals surface area contributed by atoms with E-state index in [2.05, 4.69) is 50.7 Å². The quantitative estimate of drug-likeness (QED) is 0.0227. The molecule has 11 unspecified atom stereocenters. The molecule has 0 aromatic carbocycles. The highest BCUT2D eigenvalue weighted by Crippen LogP contribution is 2.64. The minimum Gasteiger partial charge on any atom is -0.394 e. The summed E-state index contributed by atoms with van der Waals surface area (Å²) in [6.45, 7) is -10.5. The number of hydrogen-bond donors (Lipinski definition) is 9. The average molecular weight is 1540 g/mol. The van der Waals surface area contributed by atoms with Gasteiger partial charge in [0.1, 0.15) is 97.7 Å². The molecule has 10 rings (SSSR count). The Labute approximate surface area is 573 Å². The van der Waals surface area contributed by atoms with Crippen LogP contribution in [0.3, 0.4) is 0 Å². The first-order valence-electron chi connectivity index (χ1n) is 30.9. The van der Waals surface area contributed by atoms with Gasteiger partial charge < -0.3 is 74.4 Å². The normalized spacial score (nSPS) is 27.1. The van der Waals surface area contributed by atoms with Crippen LogP contribution in [0.5, 0.6) is 0 Å². The van der Waals surface area contributed by atoms with Crippen LogP contribution in [0.15, 0.2) is 56.4 Å². The third kappa shape index (κ3) is 14.4. The lowest BCUT2D eigenvalue weighted by Gasteiger charge is -2.43. The van der Waals surface area contributed by atoms with Gasteiger partial charge in [0.15, 0.2) is 12.5 Å². The molecular formula is C54H62F16N16O19. The number of ether oxygens (including phenoxy) is 6. The van der Waals surface area contributed by atoms with Crippen molar-refractivity contribution in [3.63, 3.8) is 0 Å². The van der Waals surface area contributed by atoms with Gasteiger partial charge in [-0.15, -0.1) is 20.4 Å². The van der Waals surface area contributed by atoms with Gasteiger partial charge in [-0.25, -0.2) is 28.3 Å². The molecule has 4 aliphatic rings. The van der Waals surface area contributed by atoms with Crippen molar-refractivity contribution in [2.24, 2.45) is 0 Å². The van der Waals surface area contributed by atoms with Crippen LogP contribution in [-0.2, 0) is 67.8 Å². The summed E-state index contributed by atoms with van der Waals surface area (Å²) >= 11 is 0. The molecule has 584 valence electrons. The zero-order chi connectivity index (χ0) is 77.4. The van der Waals surface area contributed by atoms with E-state index in [9.17, 15) is 135 Å². The van der Waals surface area contributed by atoms with Crippen molar-refractivity contribution in [3.8, 4) is 0 Å². The van der Waals surface area contributed by atoms with Crippen molar-refractivity contribution in [1.29, 1.82) is 0 Å². The maximum absolute atomic E-state index is 14.9. The van der Waals surface area contributed by atoms with Crippen LogP contribution in [0.4, 0.5) is 70.2 Å². The maximum atomic E-state index is 14.9. The van der Waals surface area contributed by atoms with E-state index in [-0.39, 0.29) is 41.9 Å². The Kier molecular flexibility index (Phi) is 22.3. The Balaban J connectivity index is 0.706. The molecule has 4 fully saturated rings. The number of nitrogens with zero attached hydrogens (tertiary/aromatic N) is 16. The molecule has 0 spiro atoms. The maximum Gasteiger partial charge on any atom is 0.385 e. The predicted octanol–water partition coefficient (Wildman–Crippen LogP) is -2.10. The van der Waals surface area contributed by atoms with Gasteiger partial charge in [-0.05, 0) is 26.7 Å². The second-order valence-corrected chi connectivity index (χ2v) is 25.0. The number of rotatable bonds is 29. The Morgan fingerprint density at radius 2 is 0.943 bits per heavy atom. The monoisotopic (exact) mass is 1540 g/mol. The largest absolute Gasteiger partial charge is 0.394 e. The lowest BCUT2D eigenvalue weighted by Crippen LogP contribution is -2.75. The molecule has 10 heterocycles. The standard InChI is InChI=1S/C54H62F16N16O19/c1-22-7-81(45(98)83(41(22)96)11-24-12-85(78-72-24)43-39(94)37(92)35(90)31(16-87)104-43)33-4-3-28(102-33)14-79-9-25(73-76-79)18-100-20-47(55,56)49(59,60)51(63,64)53(67,68)54(69,70)52(65,66)50(61,62)48(57,58)21-101-19-26-10-80(77-74-26)15-30-29(89)5-34(103-30)82-8-23(2)42(97)84(46(82)99)13-27-6-71-75-86(27)44-40(95)38(93)36(91)32(17-88)105-44/h6-10,12,28-40,43-44,87-95H,3-5,11,13-21H2,1-2H3/t28-,29?,30+,31?,32?,33+,34+,35?,36?,37?,38?,39?,40?,43?,44?/m0/s1. The summed E-state index contributed by atoms with van der Waals surface area (Å²) in [5.41, 5.74) is -5.40. The van der Waals surface area contributed by atoms with E-state index in [4.69, 9.17) is 18.9 Å². The van der Waals surface area contributed by atoms with E-state index in [0.29, 0.717) is 4.57 Å². The molecule has 51 heteroatoms. The zero-order valence-electron chi connectivity index (χ0n) is 53.6. The molecule has 0 amide bonds. The van der Waals surface area contributed by atoms with Gasteiger partial charge in [0.2, 0.25) is 0 Å². The van der Waals surface area contributed by atoms with E-state index >= 15 is 0 Å². The molecule has 0 radical (unpaired) electrons. The van der Waals surface area contributed by atoms with Crippen molar-refractivity contribution < 1.29 is 145 Å². The number of aryl methyl sites for hydroxylation is 2. The second kappa shape index (κ2) is 29.4. The van der Waals surface area contributed by atoms with E-state index in [1.54, 1.807) is 0 Å². The number of aromatic nitrogens is 16. The molecule has 0 bridgehead atoms. The SMILES string of the molecule is Cc1cn([C@H]2CC[C@@H](Cn3cc(COCC(F)(F)C(F)(F)C(F)(F)C(F)(F)C(F)(F)C(F)(F)C(F)(F)C(F)(F)COCc4cn(C[C@H]5O[C@@H](n6cc(C)c(=O)n(Cc7cnnn7C7OC(CO)C(O)C(O)C7O)c6=O)CC5O)nn4)nn3)O2)c(=O)n(Cc2cn(C3OC(CO)C(O)C(O)C3O)nn2)c1=O. The van der Waals surface area contributed by atoms with Crippen molar-refractivity contribution in [2.75, 3.05) is 26.4 Å².